The number of fused-ring (bicyclic) bond motifs is 4. The van der Waals surface area contributed by atoms with Crippen molar-refractivity contribution in [1.29, 1.82) is 0 Å². The largest absolute Gasteiger partial charge is 0.455 e. The Kier molecular flexibility index (Phi) is 5.82. The standard InChI is InChI=1S/C40H27NO/c1-2-12-28(13-3-1)33-17-6-7-18-34(33)35-23-24-37(39-36-19-8-9-20-38(36)42-40(35)39)41-32-16-10-15-30(26-32)31-22-21-27-11-4-5-14-29(27)25-31/h1-26,41H. The minimum absolute atomic E-state index is 0.880. The first-order chi connectivity index (χ1) is 20.8. The summed E-state index contributed by atoms with van der Waals surface area (Å²) >= 11 is 0. The van der Waals surface area contributed by atoms with E-state index in [0.29, 0.717) is 0 Å². The lowest BCUT2D eigenvalue weighted by molar-refractivity contribution is 0.670. The molecule has 0 radical (unpaired) electrons. The van der Waals surface area contributed by atoms with Gasteiger partial charge >= 0.3 is 0 Å². The summed E-state index contributed by atoms with van der Waals surface area (Å²) in [6.45, 7) is 0. The number of rotatable bonds is 5. The number of hydrogen-bond acceptors (Lipinski definition) is 2. The molecular formula is C40H27NO. The summed E-state index contributed by atoms with van der Waals surface area (Å²) < 4.78 is 6.60. The van der Waals surface area contributed by atoms with Crippen molar-refractivity contribution in [3.63, 3.8) is 0 Å². The van der Waals surface area contributed by atoms with Crippen molar-refractivity contribution < 1.29 is 4.42 Å². The van der Waals surface area contributed by atoms with Gasteiger partial charge in [0.1, 0.15) is 11.2 Å². The van der Waals surface area contributed by atoms with Gasteiger partial charge in [0.05, 0.1) is 11.1 Å². The monoisotopic (exact) mass is 537 g/mol. The lowest BCUT2D eigenvalue weighted by Gasteiger charge is -2.14. The Bertz CT molecular complexity index is 2230. The summed E-state index contributed by atoms with van der Waals surface area (Å²) in [5, 5.41) is 8.41. The Hall–Kier alpha value is -5.60. The zero-order chi connectivity index (χ0) is 27.9. The quantitative estimate of drug-likeness (QED) is 0.236. The summed E-state index contributed by atoms with van der Waals surface area (Å²) in [6, 6.07) is 55.5. The third kappa shape index (κ3) is 4.22. The van der Waals surface area contributed by atoms with Gasteiger partial charge in [0, 0.05) is 16.6 Å². The Morgan fingerprint density at radius 2 is 1.14 bits per heavy atom. The highest BCUT2D eigenvalue weighted by Gasteiger charge is 2.18. The van der Waals surface area contributed by atoms with Crippen molar-refractivity contribution in [1.82, 2.24) is 0 Å². The van der Waals surface area contributed by atoms with E-state index in [-0.39, 0.29) is 0 Å². The molecule has 2 nitrogen and oxygen atoms in total. The molecule has 8 aromatic rings. The van der Waals surface area contributed by atoms with Crippen molar-refractivity contribution in [3.8, 4) is 33.4 Å². The topological polar surface area (TPSA) is 25.2 Å². The zero-order valence-electron chi connectivity index (χ0n) is 22.9. The molecule has 42 heavy (non-hydrogen) atoms. The number of nitrogens with one attached hydrogen (secondary N) is 1. The smallest absolute Gasteiger partial charge is 0.145 e. The summed E-state index contributed by atoms with van der Waals surface area (Å²) in [5.41, 5.74) is 10.8. The molecule has 0 fully saturated rings. The fourth-order valence-corrected chi connectivity index (χ4v) is 6.03. The maximum absolute atomic E-state index is 6.60. The highest BCUT2D eigenvalue weighted by molar-refractivity contribution is 6.16. The van der Waals surface area contributed by atoms with E-state index in [1.54, 1.807) is 0 Å². The van der Waals surface area contributed by atoms with Crippen LogP contribution in [0.5, 0.6) is 0 Å². The molecule has 0 atom stereocenters. The van der Waals surface area contributed by atoms with Gasteiger partial charge in [0.15, 0.2) is 0 Å². The summed E-state index contributed by atoms with van der Waals surface area (Å²) in [7, 11) is 0. The van der Waals surface area contributed by atoms with Crippen LogP contribution in [-0.4, -0.2) is 0 Å². The first kappa shape index (κ1) is 24.2. The molecule has 0 bridgehead atoms. The average Bonchev–Trinajstić information content (AvgIpc) is 3.45. The van der Waals surface area contributed by atoms with Gasteiger partial charge < -0.3 is 9.73 Å². The molecule has 0 aliphatic rings. The number of hydrogen-bond donors (Lipinski definition) is 1. The normalized spacial score (nSPS) is 11.3. The van der Waals surface area contributed by atoms with Gasteiger partial charge in [-0.15, -0.1) is 0 Å². The maximum Gasteiger partial charge on any atom is 0.145 e. The van der Waals surface area contributed by atoms with Crippen LogP contribution in [0.1, 0.15) is 0 Å². The Morgan fingerprint density at radius 3 is 2.05 bits per heavy atom. The molecule has 0 saturated heterocycles. The van der Waals surface area contributed by atoms with Crippen LogP contribution in [0.3, 0.4) is 0 Å². The van der Waals surface area contributed by atoms with Crippen LogP contribution in [0.25, 0.3) is 66.1 Å². The van der Waals surface area contributed by atoms with Gasteiger partial charge in [-0.3, -0.25) is 0 Å². The van der Waals surface area contributed by atoms with Crippen molar-refractivity contribution in [2.45, 2.75) is 0 Å². The fourth-order valence-electron chi connectivity index (χ4n) is 6.03. The van der Waals surface area contributed by atoms with Crippen LogP contribution in [0.4, 0.5) is 11.4 Å². The average molecular weight is 538 g/mol. The van der Waals surface area contributed by atoms with E-state index in [9.17, 15) is 0 Å². The van der Waals surface area contributed by atoms with E-state index >= 15 is 0 Å². The molecule has 8 rings (SSSR count). The molecule has 0 spiro atoms. The second kappa shape index (κ2) is 10.1. The molecule has 0 saturated carbocycles. The number of furan rings is 1. The van der Waals surface area contributed by atoms with E-state index in [0.717, 1.165) is 44.4 Å². The van der Waals surface area contributed by atoms with Crippen LogP contribution in [0.2, 0.25) is 0 Å². The maximum atomic E-state index is 6.60. The van der Waals surface area contributed by atoms with Gasteiger partial charge in [-0.1, -0.05) is 121 Å². The highest BCUT2D eigenvalue weighted by Crippen LogP contribution is 2.43. The molecular weight excluding hydrogens is 510 g/mol. The van der Waals surface area contributed by atoms with E-state index in [2.05, 4.69) is 151 Å². The second-order valence-electron chi connectivity index (χ2n) is 10.6. The van der Waals surface area contributed by atoms with Gasteiger partial charge in [-0.25, -0.2) is 0 Å². The fraction of sp³-hybridized carbons (Fsp3) is 0. The minimum atomic E-state index is 0.880. The number of anilines is 2. The lowest BCUT2D eigenvalue weighted by Crippen LogP contribution is -1.93. The summed E-state index contributed by atoms with van der Waals surface area (Å²) in [6.07, 6.45) is 0. The van der Waals surface area contributed by atoms with Crippen LogP contribution in [-0.2, 0) is 0 Å². The molecule has 1 aromatic heterocycles. The van der Waals surface area contributed by atoms with Gasteiger partial charge in [-0.2, -0.15) is 0 Å². The van der Waals surface area contributed by atoms with E-state index in [4.69, 9.17) is 4.42 Å². The van der Waals surface area contributed by atoms with Crippen LogP contribution in [0.15, 0.2) is 162 Å². The lowest BCUT2D eigenvalue weighted by atomic mass is 9.93. The van der Waals surface area contributed by atoms with Crippen molar-refractivity contribution >= 4 is 44.1 Å². The molecule has 0 aliphatic carbocycles. The molecule has 7 aromatic carbocycles. The van der Waals surface area contributed by atoms with Gasteiger partial charge in [0.25, 0.3) is 0 Å². The van der Waals surface area contributed by atoms with Gasteiger partial charge in [-0.05, 0) is 75.0 Å². The predicted molar refractivity (Wildman–Crippen MR) is 177 cm³/mol. The molecule has 1 N–H and O–H groups in total. The number of para-hydroxylation sites is 1. The first-order valence-electron chi connectivity index (χ1n) is 14.3. The predicted octanol–water partition coefficient (Wildman–Crippen LogP) is 11.5. The third-order valence-electron chi connectivity index (χ3n) is 8.05. The summed E-state index contributed by atoms with van der Waals surface area (Å²) in [4.78, 5) is 0. The van der Waals surface area contributed by atoms with Crippen LogP contribution < -0.4 is 5.32 Å². The van der Waals surface area contributed by atoms with Crippen molar-refractivity contribution in [3.05, 3.63) is 158 Å². The SMILES string of the molecule is c1ccc(-c2ccccc2-c2ccc(Nc3cccc(-c4ccc5ccccc5c4)c3)c3c2oc2ccccc23)cc1. The second-order valence-corrected chi connectivity index (χ2v) is 10.6. The molecule has 0 amide bonds. The third-order valence-corrected chi connectivity index (χ3v) is 8.05. The van der Waals surface area contributed by atoms with Crippen LogP contribution in [0, 0.1) is 0 Å². The first-order valence-corrected chi connectivity index (χ1v) is 14.3. The number of benzene rings is 7. The molecule has 1 heterocycles. The molecule has 0 unspecified atom stereocenters. The van der Waals surface area contributed by atoms with Crippen molar-refractivity contribution in [2.24, 2.45) is 0 Å². The highest BCUT2D eigenvalue weighted by atomic mass is 16.3. The van der Waals surface area contributed by atoms with Gasteiger partial charge in [0.2, 0.25) is 0 Å². The molecule has 2 heteroatoms. The Labute approximate surface area is 244 Å². The van der Waals surface area contributed by atoms with E-state index in [1.165, 1.54) is 33.0 Å². The summed E-state index contributed by atoms with van der Waals surface area (Å²) in [5.74, 6) is 0. The Balaban J connectivity index is 1.26. The van der Waals surface area contributed by atoms with E-state index < -0.39 is 0 Å². The molecule has 198 valence electrons. The zero-order valence-corrected chi connectivity index (χ0v) is 22.9. The van der Waals surface area contributed by atoms with E-state index in [1.807, 2.05) is 12.1 Å². The van der Waals surface area contributed by atoms with Crippen molar-refractivity contribution in [2.75, 3.05) is 5.32 Å². The van der Waals surface area contributed by atoms with Crippen LogP contribution >= 0.6 is 0 Å². The minimum Gasteiger partial charge on any atom is -0.455 e. The molecule has 0 aliphatic heterocycles. The Morgan fingerprint density at radius 1 is 0.429 bits per heavy atom.